The number of para-hydroxylation sites is 1. The molecule has 0 spiro atoms. The van der Waals surface area contributed by atoms with Crippen molar-refractivity contribution in [2.75, 3.05) is 11.9 Å². The largest absolute Gasteiger partial charge is 0.357 e. The number of rotatable bonds is 7. The van der Waals surface area contributed by atoms with Crippen LogP contribution in [0.5, 0.6) is 0 Å². The van der Waals surface area contributed by atoms with Gasteiger partial charge in [0.2, 0.25) is 5.95 Å². The van der Waals surface area contributed by atoms with Crippen molar-refractivity contribution in [1.82, 2.24) is 25.2 Å². The van der Waals surface area contributed by atoms with Gasteiger partial charge in [0.1, 0.15) is 5.69 Å². The molecular weight excluding hydrogens is 440 g/mol. The molecule has 4 N–H and O–H groups in total. The number of H-pyrrole nitrogens is 1. The number of hydrogen-bond acceptors (Lipinski definition) is 5. The first-order valence-electron chi connectivity index (χ1n) is 12.2. The van der Waals surface area contributed by atoms with E-state index in [1.54, 1.807) is 0 Å². The molecule has 0 unspecified atom stereocenters. The molecule has 1 amide bonds. The number of carbonyl (C=O) groups excluding carboxylic acids is 1. The Kier molecular flexibility index (Phi) is 5.58. The molecule has 3 heterocycles. The number of amides is 1. The molecule has 0 saturated heterocycles. The molecule has 1 aliphatic heterocycles. The molecule has 1 fully saturated rings. The van der Waals surface area contributed by atoms with E-state index in [0.717, 1.165) is 52.4 Å². The van der Waals surface area contributed by atoms with Crippen LogP contribution < -0.4 is 21.5 Å². The fourth-order valence-electron chi connectivity index (χ4n) is 4.76. The molecule has 6 rings (SSSR count). The monoisotopic (exact) mass is 468 g/mol. The second kappa shape index (κ2) is 9.03. The Morgan fingerprint density at radius 1 is 1.09 bits per heavy atom. The third kappa shape index (κ3) is 4.44. The molecule has 2 aromatic carbocycles. The summed E-state index contributed by atoms with van der Waals surface area (Å²) in [5, 5.41) is 10.7. The molecule has 8 heteroatoms. The van der Waals surface area contributed by atoms with Crippen molar-refractivity contribution in [2.45, 2.75) is 38.9 Å². The van der Waals surface area contributed by atoms with Crippen molar-refractivity contribution in [3.05, 3.63) is 87.5 Å². The van der Waals surface area contributed by atoms with E-state index in [4.69, 9.17) is 0 Å². The first-order chi connectivity index (χ1) is 17.1. The maximum absolute atomic E-state index is 12.8. The first kappa shape index (κ1) is 21.6. The van der Waals surface area contributed by atoms with E-state index in [-0.39, 0.29) is 17.2 Å². The van der Waals surface area contributed by atoms with Gasteiger partial charge >= 0.3 is 0 Å². The third-order valence-electron chi connectivity index (χ3n) is 7.00. The van der Waals surface area contributed by atoms with Crippen molar-refractivity contribution < 1.29 is 4.79 Å². The summed E-state index contributed by atoms with van der Waals surface area (Å²) in [6.45, 7) is 2.68. The zero-order chi connectivity index (χ0) is 23.8. The van der Waals surface area contributed by atoms with Crippen LogP contribution in [0, 0.1) is 5.92 Å². The molecule has 8 nitrogen and oxygen atoms in total. The molecular formula is C27H28N6O2. The summed E-state index contributed by atoms with van der Waals surface area (Å²) in [5.74, 6) is 0.841. The number of carbonyl (C=O) groups is 1. The number of anilines is 2. The van der Waals surface area contributed by atoms with Crippen molar-refractivity contribution in [1.29, 1.82) is 0 Å². The molecule has 1 saturated carbocycles. The average Bonchev–Trinajstić information content (AvgIpc) is 3.25. The van der Waals surface area contributed by atoms with E-state index in [1.165, 1.54) is 29.9 Å². The quantitative estimate of drug-likeness (QED) is 0.292. The summed E-state index contributed by atoms with van der Waals surface area (Å²) in [6, 6.07) is 17.4. The summed E-state index contributed by atoms with van der Waals surface area (Å²) in [5.41, 5.74) is 4.94. The van der Waals surface area contributed by atoms with Crippen LogP contribution in [-0.4, -0.2) is 27.0 Å². The van der Waals surface area contributed by atoms with Crippen LogP contribution >= 0.6 is 0 Å². The van der Waals surface area contributed by atoms with E-state index in [9.17, 15) is 9.59 Å². The Balaban J connectivity index is 1.11. The van der Waals surface area contributed by atoms with Gasteiger partial charge in [-0.25, -0.2) is 4.98 Å². The zero-order valence-electron chi connectivity index (χ0n) is 19.4. The minimum atomic E-state index is -0.376. The Morgan fingerprint density at radius 2 is 1.97 bits per heavy atom. The zero-order valence-corrected chi connectivity index (χ0v) is 19.4. The van der Waals surface area contributed by atoms with E-state index in [2.05, 4.69) is 44.1 Å². The molecule has 0 bridgehead atoms. The van der Waals surface area contributed by atoms with Crippen molar-refractivity contribution >= 4 is 28.4 Å². The Hall–Kier alpha value is -3.91. The molecule has 2 aromatic heterocycles. The maximum Gasteiger partial charge on any atom is 0.270 e. The van der Waals surface area contributed by atoms with Crippen molar-refractivity contribution in [3.8, 4) is 0 Å². The predicted molar refractivity (Wildman–Crippen MR) is 136 cm³/mol. The summed E-state index contributed by atoms with van der Waals surface area (Å²) < 4.78 is 1.54. The van der Waals surface area contributed by atoms with Gasteiger partial charge < -0.3 is 20.9 Å². The van der Waals surface area contributed by atoms with Crippen LogP contribution in [0.4, 0.5) is 11.6 Å². The van der Waals surface area contributed by atoms with E-state index in [0.29, 0.717) is 19.0 Å². The van der Waals surface area contributed by atoms with Crippen LogP contribution in [-0.2, 0) is 19.6 Å². The van der Waals surface area contributed by atoms with Crippen LogP contribution in [0.1, 0.15) is 46.6 Å². The van der Waals surface area contributed by atoms with Gasteiger partial charge in [-0.1, -0.05) is 36.8 Å². The Labute approximate surface area is 202 Å². The lowest BCUT2D eigenvalue weighted by molar-refractivity contribution is 0.0945. The van der Waals surface area contributed by atoms with Crippen LogP contribution in [0.25, 0.3) is 10.9 Å². The number of nitrogens with zero attached hydrogens (tertiary/aromatic N) is 2. The number of aromatic amines is 1. The van der Waals surface area contributed by atoms with E-state index in [1.807, 2.05) is 30.3 Å². The molecule has 4 aromatic rings. The van der Waals surface area contributed by atoms with E-state index < -0.39 is 0 Å². The molecule has 0 radical (unpaired) electrons. The third-order valence-corrected chi connectivity index (χ3v) is 7.00. The highest BCUT2D eigenvalue weighted by Gasteiger charge is 2.20. The smallest absolute Gasteiger partial charge is 0.270 e. The second-order valence-electron chi connectivity index (χ2n) is 9.50. The summed E-state index contributed by atoms with van der Waals surface area (Å²) in [6.07, 6.45) is 4.05. The minimum Gasteiger partial charge on any atom is -0.357 e. The van der Waals surface area contributed by atoms with Gasteiger partial charge in [-0.15, -0.1) is 0 Å². The van der Waals surface area contributed by atoms with Crippen LogP contribution in [0.2, 0.25) is 0 Å². The SMILES string of the molecule is O=C(NCc1ccc2cc(CNCC3CCC3)[nH]c2c1)c1cc(=O)n2c(n1)Nc1ccccc1C2. The molecule has 178 valence electrons. The average molecular weight is 469 g/mol. The summed E-state index contributed by atoms with van der Waals surface area (Å²) in [4.78, 5) is 33.3. The summed E-state index contributed by atoms with van der Waals surface area (Å²) >= 11 is 0. The fraction of sp³-hybridized carbons (Fsp3) is 0.296. The van der Waals surface area contributed by atoms with Crippen molar-refractivity contribution in [3.63, 3.8) is 0 Å². The number of fused-ring (bicyclic) bond motifs is 3. The van der Waals surface area contributed by atoms with E-state index >= 15 is 0 Å². The van der Waals surface area contributed by atoms with Gasteiger partial charge in [0.15, 0.2) is 0 Å². The lowest BCUT2D eigenvalue weighted by Crippen LogP contribution is -2.32. The molecule has 2 aliphatic rings. The number of aromatic nitrogens is 3. The lowest BCUT2D eigenvalue weighted by Gasteiger charge is -2.25. The highest BCUT2D eigenvalue weighted by atomic mass is 16.2. The normalized spacial score (nSPS) is 14.6. The lowest BCUT2D eigenvalue weighted by atomic mass is 9.85. The van der Waals surface area contributed by atoms with Gasteiger partial charge in [-0.3, -0.25) is 14.2 Å². The maximum atomic E-state index is 12.8. The Bertz CT molecular complexity index is 1470. The number of hydrogen-bond donors (Lipinski definition) is 4. The van der Waals surface area contributed by atoms with Crippen molar-refractivity contribution in [2.24, 2.45) is 5.92 Å². The standard InChI is InChI=1S/C27H28N6O2/c34-25-12-24(32-27-31-22-7-2-1-6-20(22)16-33(25)27)26(35)29-14-18-8-9-19-11-21(30-23(19)10-18)15-28-13-17-4-3-5-17/h1-2,6-12,17,28,30H,3-5,13-16H2,(H,29,35)(H,31,32). The molecule has 0 atom stereocenters. The molecule has 35 heavy (non-hydrogen) atoms. The summed E-state index contributed by atoms with van der Waals surface area (Å²) in [7, 11) is 0. The minimum absolute atomic E-state index is 0.105. The van der Waals surface area contributed by atoms with Gasteiger partial charge in [0, 0.05) is 36.1 Å². The van der Waals surface area contributed by atoms with Gasteiger partial charge in [-0.05, 0) is 60.0 Å². The molecule has 1 aliphatic carbocycles. The highest BCUT2D eigenvalue weighted by molar-refractivity contribution is 5.92. The number of benzene rings is 2. The van der Waals surface area contributed by atoms with Gasteiger partial charge in [-0.2, -0.15) is 0 Å². The van der Waals surface area contributed by atoms with Gasteiger partial charge in [0.25, 0.3) is 11.5 Å². The van der Waals surface area contributed by atoms with Crippen LogP contribution in [0.15, 0.2) is 59.4 Å². The highest BCUT2D eigenvalue weighted by Crippen LogP contribution is 2.26. The fourth-order valence-corrected chi connectivity index (χ4v) is 4.76. The second-order valence-corrected chi connectivity index (χ2v) is 9.50. The van der Waals surface area contributed by atoms with Gasteiger partial charge in [0.05, 0.1) is 6.54 Å². The first-order valence-corrected chi connectivity index (χ1v) is 12.2. The topological polar surface area (TPSA) is 104 Å². The predicted octanol–water partition coefficient (Wildman–Crippen LogP) is 3.65. The number of nitrogens with one attached hydrogen (secondary N) is 4. The Morgan fingerprint density at radius 3 is 2.83 bits per heavy atom. The van der Waals surface area contributed by atoms with Crippen LogP contribution in [0.3, 0.4) is 0 Å².